The lowest BCUT2D eigenvalue weighted by Gasteiger charge is -2.22. The highest BCUT2D eigenvalue weighted by molar-refractivity contribution is 5.86. The van der Waals surface area contributed by atoms with Gasteiger partial charge < -0.3 is 15.5 Å². The summed E-state index contributed by atoms with van der Waals surface area (Å²) in [4.78, 5) is 25.7. The number of amides is 3. The summed E-state index contributed by atoms with van der Waals surface area (Å²) in [6.07, 6.45) is 0.675. The fraction of sp³-hybridized carbons (Fsp3) is 0.300. The number of carbonyl (C=O) groups is 2. The SMILES string of the molecule is C[C@@H](NC(=O)N[C@H](Cc1ccccc1)c1ccccc1)C(=O)N(C)C. The lowest BCUT2D eigenvalue weighted by Crippen LogP contribution is -2.49. The lowest BCUT2D eigenvalue weighted by molar-refractivity contribution is -0.130. The smallest absolute Gasteiger partial charge is 0.315 e. The number of urea groups is 1. The first kappa shape index (κ1) is 18.5. The van der Waals surface area contributed by atoms with E-state index in [-0.39, 0.29) is 18.0 Å². The lowest BCUT2D eigenvalue weighted by atomic mass is 9.99. The van der Waals surface area contributed by atoms with Crippen molar-refractivity contribution >= 4 is 11.9 Å². The minimum Gasteiger partial charge on any atom is -0.347 e. The molecule has 2 N–H and O–H groups in total. The predicted octanol–water partition coefficient (Wildman–Crippen LogP) is 2.75. The van der Waals surface area contributed by atoms with E-state index in [1.54, 1.807) is 21.0 Å². The Balaban J connectivity index is 2.08. The van der Waals surface area contributed by atoms with Crippen LogP contribution >= 0.6 is 0 Å². The second kappa shape index (κ2) is 8.87. The third kappa shape index (κ3) is 5.64. The normalized spacial score (nSPS) is 12.8. The number of nitrogens with one attached hydrogen (secondary N) is 2. The van der Waals surface area contributed by atoms with Gasteiger partial charge in [-0.15, -0.1) is 0 Å². The molecule has 2 aromatic carbocycles. The zero-order chi connectivity index (χ0) is 18.2. The second-order valence-electron chi connectivity index (χ2n) is 6.23. The third-order valence-electron chi connectivity index (χ3n) is 3.95. The first-order chi connectivity index (χ1) is 12.0. The van der Waals surface area contributed by atoms with E-state index in [2.05, 4.69) is 10.6 Å². The summed E-state index contributed by atoms with van der Waals surface area (Å²) in [5, 5.41) is 5.69. The molecule has 0 fully saturated rings. The van der Waals surface area contributed by atoms with Gasteiger partial charge in [-0.1, -0.05) is 60.7 Å². The molecule has 0 saturated carbocycles. The third-order valence-corrected chi connectivity index (χ3v) is 3.95. The molecule has 2 atom stereocenters. The van der Waals surface area contributed by atoms with Crippen molar-refractivity contribution in [3.8, 4) is 0 Å². The number of likely N-dealkylation sites (N-methyl/N-ethyl adjacent to an activating group) is 1. The molecule has 0 aliphatic heterocycles. The molecule has 0 heterocycles. The van der Waals surface area contributed by atoms with Crippen molar-refractivity contribution in [3.05, 3.63) is 71.8 Å². The van der Waals surface area contributed by atoms with Gasteiger partial charge in [0, 0.05) is 14.1 Å². The standard InChI is InChI=1S/C20H25N3O2/c1-15(19(24)23(2)3)21-20(25)22-18(17-12-8-5-9-13-17)14-16-10-6-4-7-11-16/h4-13,15,18H,14H2,1-3H3,(H2,21,22,25)/t15-,18-/m1/s1. The molecular formula is C20H25N3O2. The molecule has 0 bridgehead atoms. The largest absolute Gasteiger partial charge is 0.347 e. The van der Waals surface area contributed by atoms with Crippen molar-refractivity contribution < 1.29 is 9.59 Å². The zero-order valence-corrected chi connectivity index (χ0v) is 14.9. The van der Waals surface area contributed by atoms with Crippen LogP contribution in [0.3, 0.4) is 0 Å². The number of hydrogen-bond donors (Lipinski definition) is 2. The van der Waals surface area contributed by atoms with E-state index < -0.39 is 6.04 Å². The monoisotopic (exact) mass is 339 g/mol. The molecular weight excluding hydrogens is 314 g/mol. The molecule has 0 saturated heterocycles. The van der Waals surface area contributed by atoms with E-state index in [0.717, 1.165) is 11.1 Å². The van der Waals surface area contributed by atoms with Crippen LogP contribution in [0.1, 0.15) is 24.1 Å². The van der Waals surface area contributed by atoms with Crippen LogP contribution in [0, 0.1) is 0 Å². The minimum atomic E-state index is -0.580. The Kier molecular flexibility index (Phi) is 6.57. The van der Waals surface area contributed by atoms with E-state index >= 15 is 0 Å². The zero-order valence-electron chi connectivity index (χ0n) is 14.9. The van der Waals surface area contributed by atoms with Gasteiger partial charge in [-0.2, -0.15) is 0 Å². The van der Waals surface area contributed by atoms with E-state index in [4.69, 9.17) is 0 Å². The maximum Gasteiger partial charge on any atom is 0.315 e. The summed E-state index contributed by atoms with van der Waals surface area (Å²) >= 11 is 0. The molecule has 0 aliphatic rings. The number of nitrogens with zero attached hydrogens (tertiary/aromatic N) is 1. The Morgan fingerprint density at radius 1 is 0.920 bits per heavy atom. The molecule has 5 heteroatoms. The average molecular weight is 339 g/mol. The van der Waals surface area contributed by atoms with Crippen LogP contribution in [0.5, 0.6) is 0 Å². The Morgan fingerprint density at radius 2 is 1.48 bits per heavy atom. The molecule has 2 rings (SSSR count). The van der Waals surface area contributed by atoms with E-state index in [1.165, 1.54) is 4.90 Å². The molecule has 3 amide bonds. The van der Waals surface area contributed by atoms with Crippen LogP contribution in [0.15, 0.2) is 60.7 Å². The van der Waals surface area contributed by atoms with Gasteiger partial charge in [-0.05, 0) is 24.5 Å². The van der Waals surface area contributed by atoms with Crippen molar-refractivity contribution in [2.75, 3.05) is 14.1 Å². The summed E-state index contributed by atoms with van der Waals surface area (Å²) < 4.78 is 0. The van der Waals surface area contributed by atoms with Crippen LogP contribution in [-0.2, 0) is 11.2 Å². The number of benzene rings is 2. The number of rotatable bonds is 6. The summed E-state index contributed by atoms with van der Waals surface area (Å²) in [5.74, 6) is -0.144. The van der Waals surface area contributed by atoms with Gasteiger partial charge in [0.15, 0.2) is 0 Å². The van der Waals surface area contributed by atoms with Crippen LogP contribution in [0.4, 0.5) is 4.79 Å². The second-order valence-corrected chi connectivity index (χ2v) is 6.23. The first-order valence-corrected chi connectivity index (χ1v) is 8.34. The average Bonchev–Trinajstić information content (AvgIpc) is 2.62. The van der Waals surface area contributed by atoms with Gasteiger partial charge in [0.2, 0.25) is 5.91 Å². The molecule has 5 nitrogen and oxygen atoms in total. The maximum atomic E-state index is 12.4. The van der Waals surface area contributed by atoms with Crippen LogP contribution < -0.4 is 10.6 Å². The van der Waals surface area contributed by atoms with Gasteiger partial charge >= 0.3 is 6.03 Å². The number of hydrogen-bond acceptors (Lipinski definition) is 2. The molecule has 0 aromatic heterocycles. The van der Waals surface area contributed by atoms with Gasteiger partial charge in [0.25, 0.3) is 0 Å². The number of carbonyl (C=O) groups excluding carboxylic acids is 2. The van der Waals surface area contributed by atoms with Gasteiger partial charge in [-0.3, -0.25) is 4.79 Å². The summed E-state index contributed by atoms with van der Waals surface area (Å²) in [6.45, 7) is 1.68. The Labute approximate surface area is 149 Å². The predicted molar refractivity (Wildman–Crippen MR) is 99.2 cm³/mol. The van der Waals surface area contributed by atoms with Crippen LogP contribution in [0.2, 0.25) is 0 Å². The highest BCUT2D eigenvalue weighted by Gasteiger charge is 2.20. The van der Waals surface area contributed by atoms with E-state index in [1.807, 2.05) is 60.7 Å². The van der Waals surface area contributed by atoms with Crippen molar-refractivity contribution in [2.24, 2.45) is 0 Å². The van der Waals surface area contributed by atoms with Crippen molar-refractivity contribution in [1.29, 1.82) is 0 Å². The van der Waals surface area contributed by atoms with Crippen molar-refractivity contribution in [2.45, 2.75) is 25.4 Å². The fourth-order valence-corrected chi connectivity index (χ4v) is 2.63. The van der Waals surface area contributed by atoms with Crippen molar-refractivity contribution in [1.82, 2.24) is 15.5 Å². The highest BCUT2D eigenvalue weighted by atomic mass is 16.2. The first-order valence-electron chi connectivity index (χ1n) is 8.34. The Hall–Kier alpha value is -2.82. The Bertz CT molecular complexity index is 687. The summed E-state index contributed by atoms with van der Waals surface area (Å²) in [5.41, 5.74) is 2.15. The topological polar surface area (TPSA) is 61.4 Å². The van der Waals surface area contributed by atoms with Gasteiger partial charge in [-0.25, -0.2) is 4.79 Å². The van der Waals surface area contributed by atoms with Crippen molar-refractivity contribution in [3.63, 3.8) is 0 Å². The molecule has 0 aliphatic carbocycles. The van der Waals surface area contributed by atoms with E-state index in [0.29, 0.717) is 6.42 Å². The van der Waals surface area contributed by atoms with Gasteiger partial charge in [0.05, 0.1) is 6.04 Å². The van der Waals surface area contributed by atoms with Crippen LogP contribution in [0.25, 0.3) is 0 Å². The molecule has 0 radical (unpaired) electrons. The van der Waals surface area contributed by atoms with E-state index in [9.17, 15) is 9.59 Å². The van der Waals surface area contributed by atoms with Crippen LogP contribution in [-0.4, -0.2) is 37.0 Å². The summed E-state index contributed by atoms with van der Waals surface area (Å²) in [6, 6.07) is 18.7. The molecule has 0 spiro atoms. The minimum absolute atomic E-state index is 0.144. The van der Waals surface area contributed by atoms with Gasteiger partial charge in [0.1, 0.15) is 6.04 Å². The molecule has 0 unspecified atom stereocenters. The molecule has 25 heavy (non-hydrogen) atoms. The molecule has 2 aromatic rings. The quantitative estimate of drug-likeness (QED) is 0.850. The molecule has 132 valence electrons. The summed E-state index contributed by atoms with van der Waals surface area (Å²) in [7, 11) is 3.33. The Morgan fingerprint density at radius 3 is 2.04 bits per heavy atom. The highest BCUT2D eigenvalue weighted by Crippen LogP contribution is 2.18. The fourth-order valence-electron chi connectivity index (χ4n) is 2.63. The maximum absolute atomic E-state index is 12.4.